The van der Waals surface area contributed by atoms with Crippen LogP contribution in [0.25, 0.3) is 16.6 Å². The monoisotopic (exact) mass is 337 g/mol. The van der Waals surface area contributed by atoms with Gasteiger partial charge in [-0.05, 0) is 24.3 Å². The number of methoxy groups -OCH3 is 2. The van der Waals surface area contributed by atoms with E-state index in [2.05, 4.69) is 0 Å². The molecule has 0 atom stereocenters. The fourth-order valence-corrected chi connectivity index (χ4v) is 2.76. The quantitative estimate of drug-likeness (QED) is 0.687. The van der Waals surface area contributed by atoms with Crippen LogP contribution >= 0.6 is 0 Å². The standard InChI is InChI=1S/C19H15NO5/c1-24-18(22)15-16(19(23)25-2)20(12-8-4-3-5-9-12)14-11-7-6-10-13(14)17(15)21/h3-11H,1-2H3. The highest BCUT2D eigenvalue weighted by Gasteiger charge is 2.28. The number of aromatic nitrogens is 1. The fourth-order valence-electron chi connectivity index (χ4n) is 2.76. The molecule has 0 saturated carbocycles. The van der Waals surface area contributed by atoms with Crippen molar-refractivity contribution in [2.24, 2.45) is 0 Å². The smallest absolute Gasteiger partial charge is 0.356 e. The zero-order valence-electron chi connectivity index (χ0n) is 13.7. The molecule has 0 aliphatic rings. The van der Waals surface area contributed by atoms with Crippen molar-refractivity contribution in [3.63, 3.8) is 0 Å². The van der Waals surface area contributed by atoms with Crippen LogP contribution in [0.5, 0.6) is 0 Å². The van der Waals surface area contributed by atoms with Crippen LogP contribution in [-0.4, -0.2) is 30.7 Å². The summed E-state index contributed by atoms with van der Waals surface area (Å²) in [6.07, 6.45) is 0. The summed E-state index contributed by atoms with van der Waals surface area (Å²) >= 11 is 0. The maximum absolute atomic E-state index is 12.8. The van der Waals surface area contributed by atoms with Crippen molar-refractivity contribution in [3.8, 4) is 5.69 Å². The third-order valence-corrected chi connectivity index (χ3v) is 3.86. The Morgan fingerprint density at radius 1 is 0.840 bits per heavy atom. The van der Waals surface area contributed by atoms with Crippen LogP contribution in [0.4, 0.5) is 0 Å². The van der Waals surface area contributed by atoms with E-state index < -0.39 is 17.4 Å². The zero-order chi connectivity index (χ0) is 18.0. The number of nitrogens with zero attached hydrogens (tertiary/aromatic N) is 1. The predicted octanol–water partition coefficient (Wildman–Crippen LogP) is 2.56. The van der Waals surface area contributed by atoms with Crippen molar-refractivity contribution in [3.05, 3.63) is 76.1 Å². The number of carbonyl (C=O) groups excluding carboxylic acids is 2. The molecule has 126 valence electrons. The summed E-state index contributed by atoms with van der Waals surface area (Å²) in [4.78, 5) is 37.5. The Morgan fingerprint density at radius 2 is 1.44 bits per heavy atom. The van der Waals surface area contributed by atoms with Gasteiger partial charge in [-0.1, -0.05) is 30.3 Å². The van der Waals surface area contributed by atoms with Crippen LogP contribution in [0.15, 0.2) is 59.4 Å². The number of fused-ring (bicyclic) bond motifs is 1. The lowest BCUT2D eigenvalue weighted by atomic mass is 10.1. The normalized spacial score (nSPS) is 10.5. The topological polar surface area (TPSA) is 74.6 Å². The zero-order valence-corrected chi connectivity index (χ0v) is 13.7. The van der Waals surface area contributed by atoms with Gasteiger partial charge in [-0.25, -0.2) is 9.59 Å². The van der Waals surface area contributed by atoms with Crippen molar-refractivity contribution in [1.82, 2.24) is 4.57 Å². The number of pyridine rings is 1. The van der Waals surface area contributed by atoms with Crippen molar-refractivity contribution in [2.75, 3.05) is 14.2 Å². The average molecular weight is 337 g/mol. The summed E-state index contributed by atoms with van der Waals surface area (Å²) < 4.78 is 11.1. The molecule has 25 heavy (non-hydrogen) atoms. The highest BCUT2D eigenvalue weighted by molar-refractivity contribution is 6.05. The molecule has 6 nitrogen and oxygen atoms in total. The highest BCUT2D eigenvalue weighted by Crippen LogP contribution is 2.23. The van der Waals surface area contributed by atoms with Gasteiger partial charge in [0.05, 0.1) is 19.7 Å². The molecule has 0 radical (unpaired) electrons. The van der Waals surface area contributed by atoms with Crippen molar-refractivity contribution < 1.29 is 19.1 Å². The van der Waals surface area contributed by atoms with Gasteiger partial charge in [-0.15, -0.1) is 0 Å². The lowest BCUT2D eigenvalue weighted by molar-refractivity contribution is 0.0546. The summed E-state index contributed by atoms with van der Waals surface area (Å²) in [6.45, 7) is 0. The molecule has 2 aromatic carbocycles. The molecule has 3 aromatic rings. The third kappa shape index (κ3) is 2.67. The molecule has 0 aliphatic carbocycles. The summed E-state index contributed by atoms with van der Waals surface area (Å²) in [5.74, 6) is -1.69. The SMILES string of the molecule is COC(=O)c1c(C(=O)OC)n(-c2ccccc2)c2ccccc2c1=O. The Hall–Kier alpha value is -3.41. The molecule has 0 N–H and O–H groups in total. The second kappa shape index (κ2) is 6.60. The number of benzene rings is 2. The molecule has 0 amide bonds. The number of ether oxygens (including phenoxy) is 2. The van der Waals surface area contributed by atoms with E-state index >= 15 is 0 Å². The Morgan fingerprint density at radius 3 is 2.08 bits per heavy atom. The van der Waals surface area contributed by atoms with Crippen LogP contribution in [0.3, 0.4) is 0 Å². The first-order chi connectivity index (χ1) is 12.1. The van der Waals surface area contributed by atoms with E-state index in [4.69, 9.17) is 9.47 Å². The van der Waals surface area contributed by atoms with E-state index in [1.807, 2.05) is 6.07 Å². The molecule has 0 unspecified atom stereocenters. The van der Waals surface area contributed by atoms with E-state index in [9.17, 15) is 14.4 Å². The van der Waals surface area contributed by atoms with Crippen molar-refractivity contribution in [1.29, 1.82) is 0 Å². The van der Waals surface area contributed by atoms with Gasteiger partial charge in [0, 0.05) is 11.1 Å². The Bertz CT molecular complexity index is 1020. The molecule has 3 rings (SSSR count). The first-order valence-corrected chi connectivity index (χ1v) is 7.50. The number of hydrogen-bond donors (Lipinski definition) is 0. The summed E-state index contributed by atoms with van der Waals surface area (Å²) in [6, 6.07) is 15.7. The van der Waals surface area contributed by atoms with E-state index in [1.165, 1.54) is 11.7 Å². The van der Waals surface area contributed by atoms with E-state index in [0.717, 1.165) is 7.11 Å². The van der Waals surface area contributed by atoms with Gasteiger partial charge < -0.3 is 14.0 Å². The number of esters is 2. The first kappa shape index (κ1) is 16.4. The Kier molecular flexibility index (Phi) is 4.35. The summed E-state index contributed by atoms with van der Waals surface area (Å²) in [5.41, 5.74) is 0.0205. The average Bonchev–Trinajstić information content (AvgIpc) is 2.67. The number of para-hydroxylation sites is 2. The van der Waals surface area contributed by atoms with Crippen molar-refractivity contribution >= 4 is 22.8 Å². The van der Waals surface area contributed by atoms with Crippen molar-refractivity contribution in [2.45, 2.75) is 0 Å². The highest BCUT2D eigenvalue weighted by atomic mass is 16.5. The fraction of sp³-hybridized carbons (Fsp3) is 0.105. The van der Waals surface area contributed by atoms with E-state index in [0.29, 0.717) is 16.6 Å². The largest absolute Gasteiger partial charge is 0.465 e. The van der Waals surface area contributed by atoms with Crippen LogP contribution in [-0.2, 0) is 9.47 Å². The second-order valence-corrected chi connectivity index (χ2v) is 5.22. The Labute approximate surface area is 143 Å². The van der Waals surface area contributed by atoms with Crippen LogP contribution < -0.4 is 5.43 Å². The van der Waals surface area contributed by atoms with Crippen LogP contribution in [0, 0.1) is 0 Å². The third-order valence-electron chi connectivity index (χ3n) is 3.86. The van der Waals surface area contributed by atoms with E-state index in [1.54, 1.807) is 48.5 Å². The minimum Gasteiger partial charge on any atom is -0.465 e. The molecule has 1 aromatic heterocycles. The van der Waals surface area contributed by atoms with Gasteiger partial charge in [-0.2, -0.15) is 0 Å². The maximum atomic E-state index is 12.8. The van der Waals surface area contributed by atoms with Gasteiger partial charge in [0.15, 0.2) is 5.69 Å². The Balaban J connectivity index is 2.59. The molecular formula is C19H15NO5. The summed E-state index contributed by atoms with van der Waals surface area (Å²) in [7, 11) is 2.35. The lowest BCUT2D eigenvalue weighted by Crippen LogP contribution is -2.28. The second-order valence-electron chi connectivity index (χ2n) is 5.22. The van der Waals surface area contributed by atoms with Crippen LogP contribution in [0.2, 0.25) is 0 Å². The molecular weight excluding hydrogens is 322 g/mol. The summed E-state index contributed by atoms with van der Waals surface area (Å²) in [5, 5.41) is 0.305. The number of carbonyl (C=O) groups is 2. The molecule has 0 saturated heterocycles. The first-order valence-electron chi connectivity index (χ1n) is 7.50. The predicted molar refractivity (Wildman–Crippen MR) is 92.2 cm³/mol. The molecule has 1 heterocycles. The van der Waals surface area contributed by atoms with Crippen LogP contribution in [0.1, 0.15) is 20.8 Å². The van der Waals surface area contributed by atoms with Gasteiger partial charge in [-0.3, -0.25) is 4.79 Å². The molecule has 6 heteroatoms. The van der Waals surface area contributed by atoms with Gasteiger partial charge >= 0.3 is 11.9 Å². The lowest BCUT2D eigenvalue weighted by Gasteiger charge is -2.18. The van der Waals surface area contributed by atoms with Gasteiger partial charge in [0.2, 0.25) is 5.43 Å². The number of hydrogen-bond acceptors (Lipinski definition) is 5. The van der Waals surface area contributed by atoms with E-state index in [-0.39, 0.29) is 11.3 Å². The molecule has 0 bridgehead atoms. The molecule has 0 fully saturated rings. The minimum absolute atomic E-state index is 0.163. The minimum atomic E-state index is -0.888. The maximum Gasteiger partial charge on any atom is 0.356 e. The molecule has 0 spiro atoms. The molecule has 0 aliphatic heterocycles. The van der Waals surface area contributed by atoms with Gasteiger partial charge in [0.25, 0.3) is 0 Å². The van der Waals surface area contributed by atoms with Gasteiger partial charge in [0.1, 0.15) is 5.56 Å². The number of rotatable bonds is 3.